The maximum Gasteiger partial charge on any atom is 0.303 e. The van der Waals surface area contributed by atoms with Crippen LogP contribution in [0.3, 0.4) is 0 Å². The highest BCUT2D eigenvalue weighted by molar-refractivity contribution is 5.67. The molecule has 0 aromatic heterocycles. The van der Waals surface area contributed by atoms with Crippen molar-refractivity contribution < 1.29 is 9.90 Å². The van der Waals surface area contributed by atoms with Gasteiger partial charge in [-0.2, -0.15) is 0 Å². The van der Waals surface area contributed by atoms with Crippen molar-refractivity contribution in [1.29, 1.82) is 0 Å². The molecular formula is C34H58N8O2. The fraction of sp³-hybridized carbons (Fsp3) is 0.971. The third kappa shape index (κ3) is 5.09. The fourth-order valence-electron chi connectivity index (χ4n) is 12.7. The van der Waals surface area contributed by atoms with Crippen LogP contribution in [0.4, 0.5) is 0 Å². The maximum absolute atomic E-state index is 12.1. The smallest absolute Gasteiger partial charge is 0.303 e. The minimum atomic E-state index is -0.639. The molecule has 0 amide bonds. The van der Waals surface area contributed by atoms with Gasteiger partial charge in [0.25, 0.3) is 0 Å². The second-order valence-corrected chi connectivity index (χ2v) is 16.5. The lowest BCUT2D eigenvalue weighted by molar-refractivity contribution is -0.139. The predicted octanol–water partition coefficient (Wildman–Crippen LogP) is 2.31. The summed E-state index contributed by atoms with van der Waals surface area (Å²) >= 11 is 0. The Bertz CT molecular complexity index is 1060. The van der Waals surface area contributed by atoms with Gasteiger partial charge in [0.1, 0.15) is 0 Å². The van der Waals surface area contributed by atoms with Crippen LogP contribution < -0.4 is 42.5 Å². The molecule has 0 spiro atoms. The lowest BCUT2D eigenvalue weighted by Gasteiger charge is -2.39. The van der Waals surface area contributed by atoms with E-state index in [1.807, 2.05) is 0 Å². The highest BCUT2D eigenvalue weighted by Crippen LogP contribution is 2.47. The average Bonchev–Trinajstić information content (AvgIpc) is 3.77. The Morgan fingerprint density at radius 1 is 0.409 bits per heavy atom. The number of rotatable bonds is 2. The van der Waals surface area contributed by atoms with Crippen LogP contribution in [0.2, 0.25) is 0 Å². The van der Waals surface area contributed by atoms with Gasteiger partial charge in [-0.3, -0.25) is 47.3 Å². The number of hydrogen-bond donors (Lipinski definition) is 9. The molecule has 5 aliphatic heterocycles. The molecular weight excluding hydrogens is 552 g/mol. The molecule has 9 fully saturated rings. The lowest BCUT2D eigenvalue weighted by Crippen LogP contribution is -2.61. The molecule has 10 nitrogen and oxygen atoms in total. The Hall–Kier alpha value is -0.850. The molecule has 9 aliphatic rings. The summed E-state index contributed by atoms with van der Waals surface area (Å²) in [6.07, 6.45) is 21.7. The number of carboxylic acid groups (broad SMARTS) is 1. The van der Waals surface area contributed by atoms with Crippen LogP contribution >= 0.6 is 0 Å². The largest absolute Gasteiger partial charge is 0.481 e. The van der Waals surface area contributed by atoms with Crippen molar-refractivity contribution >= 4 is 5.97 Å². The van der Waals surface area contributed by atoms with Crippen molar-refractivity contribution in [2.45, 2.75) is 152 Å². The van der Waals surface area contributed by atoms with Gasteiger partial charge in [0, 0.05) is 6.42 Å². The average molecular weight is 611 g/mol. The van der Waals surface area contributed by atoms with E-state index in [1.165, 1.54) is 83.5 Å². The normalized spacial score (nSPS) is 55.0. The van der Waals surface area contributed by atoms with Crippen molar-refractivity contribution in [3.63, 3.8) is 0 Å². The third-order valence-corrected chi connectivity index (χ3v) is 14.5. The number of nitrogens with one attached hydrogen (secondary N) is 8. The molecule has 0 aromatic carbocycles. The first-order chi connectivity index (χ1) is 21.6. The van der Waals surface area contributed by atoms with Gasteiger partial charge in [-0.05, 0) is 105 Å². The molecule has 4 aliphatic carbocycles. The zero-order valence-electron chi connectivity index (χ0n) is 26.5. The van der Waals surface area contributed by atoms with E-state index in [1.54, 1.807) is 0 Å². The van der Waals surface area contributed by atoms with E-state index in [4.69, 9.17) is 0 Å². The molecule has 10 heteroatoms. The Kier molecular flexibility index (Phi) is 7.99. The van der Waals surface area contributed by atoms with E-state index >= 15 is 0 Å². The topological polar surface area (TPSA) is 134 Å². The van der Waals surface area contributed by atoms with Crippen molar-refractivity contribution in [2.75, 3.05) is 0 Å². The summed E-state index contributed by atoms with van der Waals surface area (Å²) in [5.41, 5.74) is 0. The molecule has 9 rings (SSSR count). The van der Waals surface area contributed by atoms with Gasteiger partial charge in [-0.1, -0.05) is 44.9 Å². The van der Waals surface area contributed by atoms with Gasteiger partial charge >= 0.3 is 5.97 Å². The zero-order valence-corrected chi connectivity index (χ0v) is 26.5. The number of carboxylic acids is 1. The van der Waals surface area contributed by atoms with E-state index < -0.39 is 5.97 Å². The molecule has 17 unspecified atom stereocenters. The summed E-state index contributed by atoms with van der Waals surface area (Å²) in [5.74, 6) is 4.30. The van der Waals surface area contributed by atoms with Gasteiger partial charge in [-0.25, -0.2) is 0 Å². The van der Waals surface area contributed by atoms with Crippen LogP contribution in [-0.2, 0) is 4.79 Å². The molecule has 246 valence electrons. The second-order valence-electron chi connectivity index (χ2n) is 16.5. The Labute approximate surface area is 263 Å². The standard InChI is InChI=1S/C34H58N8O2/c43-25(44)16-17-8-7-15-24-26(17)34-41-32-23-14-6-5-13-22(23)30(39-32)37-28-19-10-2-1-9-18(19)27(35-28)36-29-20-11-3-4-12-21(20)31(38-29)40-33(24)42-34/h17-24,26-42H,1-16H2,(H,43,44). The van der Waals surface area contributed by atoms with E-state index in [2.05, 4.69) is 42.5 Å². The van der Waals surface area contributed by atoms with Crippen molar-refractivity contribution in [3.05, 3.63) is 0 Å². The monoisotopic (exact) mass is 610 g/mol. The zero-order chi connectivity index (χ0) is 29.4. The van der Waals surface area contributed by atoms with Gasteiger partial charge in [0.05, 0.1) is 49.3 Å². The highest BCUT2D eigenvalue weighted by Gasteiger charge is 2.55. The first kappa shape index (κ1) is 29.3. The maximum atomic E-state index is 12.1. The van der Waals surface area contributed by atoms with E-state index in [0.717, 1.165) is 12.8 Å². The van der Waals surface area contributed by atoms with Crippen molar-refractivity contribution in [1.82, 2.24) is 42.5 Å². The van der Waals surface area contributed by atoms with Gasteiger partial charge in [0.2, 0.25) is 0 Å². The number of hydrogen-bond acceptors (Lipinski definition) is 9. The summed E-state index contributed by atoms with van der Waals surface area (Å²) in [6.45, 7) is 0. The Balaban J connectivity index is 1.06. The van der Waals surface area contributed by atoms with Gasteiger partial charge in [-0.15, -0.1) is 0 Å². The van der Waals surface area contributed by atoms with Crippen molar-refractivity contribution in [3.8, 4) is 0 Å². The third-order valence-electron chi connectivity index (χ3n) is 14.5. The minimum absolute atomic E-state index is 0.128. The Morgan fingerprint density at radius 2 is 0.705 bits per heavy atom. The summed E-state index contributed by atoms with van der Waals surface area (Å²) in [5, 5.41) is 43.2. The van der Waals surface area contributed by atoms with Crippen LogP contribution in [0.25, 0.3) is 0 Å². The van der Waals surface area contributed by atoms with Gasteiger partial charge in [0.15, 0.2) is 0 Å². The van der Waals surface area contributed by atoms with E-state index in [9.17, 15) is 9.90 Å². The summed E-state index contributed by atoms with van der Waals surface area (Å²) in [4.78, 5) is 12.1. The molecule has 5 heterocycles. The number of carbonyl (C=O) groups is 1. The predicted molar refractivity (Wildman–Crippen MR) is 168 cm³/mol. The first-order valence-corrected chi connectivity index (χ1v) is 18.9. The van der Waals surface area contributed by atoms with Crippen molar-refractivity contribution in [2.24, 2.45) is 53.3 Å². The summed E-state index contributed by atoms with van der Waals surface area (Å²) < 4.78 is 0. The van der Waals surface area contributed by atoms with Crippen LogP contribution in [0.5, 0.6) is 0 Å². The molecule has 5 saturated heterocycles. The summed E-state index contributed by atoms with van der Waals surface area (Å²) in [6, 6.07) is 0. The van der Waals surface area contributed by atoms with Crippen LogP contribution in [0, 0.1) is 53.3 Å². The molecule has 4 saturated carbocycles. The molecule has 0 aromatic rings. The molecule has 0 radical (unpaired) electrons. The van der Waals surface area contributed by atoms with Gasteiger partial charge < -0.3 is 5.11 Å². The van der Waals surface area contributed by atoms with Crippen LogP contribution in [0.1, 0.15) is 103 Å². The minimum Gasteiger partial charge on any atom is -0.481 e. The van der Waals surface area contributed by atoms with E-state index in [-0.39, 0.29) is 37.0 Å². The molecule has 9 N–H and O–H groups in total. The second kappa shape index (κ2) is 12.0. The van der Waals surface area contributed by atoms with Crippen LogP contribution in [0.15, 0.2) is 0 Å². The van der Waals surface area contributed by atoms with E-state index in [0.29, 0.717) is 72.0 Å². The lowest BCUT2D eigenvalue weighted by atomic mass is 9.70. The number of aliphatic carboxylic acids is 1. The first-order valence-electron chi connectivity index (χ1n) is 18.9. The molecule has 44 heavy (non-hydrogen) atoms. The quantitative estimate of drug-likeness (QED) is 0.229. The molecule has 8 bridgehead atoms. The molecule has 17 atom stereocenters. The Morgan fingerprint density at radius 3 is 1.05 bits per heavy atom. The number of fused-ring (bicyclic) bond motifs is 20. The SMILES string of the molecule is O=C(O)CC1CCCC2C3NC4NC(NC5NC(NC6NC(NC(N3)C12)C1CCCCC61)C1CCCCC51)C1CCCCC41. The van der Waals surface area contributed by atoms with Crippen LogP contribution in [-0.4, -0.2) is 60.4 Å². The summed E-state index contributed by atoms with van der Waals surface area (Å²) in [7, 11) is 0. The fourth-order valence-corrected chi connectivity index (χ4v) is 12.7. The highest BCUT2D eigenvalue weighted by atomic mass is 16.4.